The summed E-state index contributed by atoms with van der Waals surface area (Å²) in [6.45, 7) is 12.3. The van der Waals surface area contributed by atoms with Gasteiger partial charge < -0.3 is 19.4 Å². The largest absolute Gasteiger partial charge is 0.477 e. The molecule has 4 aromatic rings. The first-order valence-electron chi connectivity index (χ1n) is 13.8. The van der Waals surface area contributed by atoms with E-state index in [-0.39, 0.29) is 17.4 Å². The fourth-order valence-electron chi connectivity index (χ4n) is 5.02. The van der Waals surface area contributed by atoms with Gasteiger partial charge in [0.15, 0.2) is 6.10 Å². The molecule has 1 heterocycles. The van der Waals surface area contributed by atoms with Gasteiger partial charge in [-0.3, -0.25) is 4.79 Å². The van der Waals surface area contributed by atoms with E-state index in [1.165, 1.54) is 12.7 Å². The molecule has 0 saturated heterocycles. The first kappa shape index (κ1) is 30.2. The summed E-state index contributed by atoms with van der Waals surface area (Å²) in [5.41, 5.74) is 7.05. The minimum atomic E-state index is -0.776. The molecule has 0 aliphatic carbocycles. The summed E-state index contributed by atoms with van der Waals surface area (Å²) in [7, 11) is 3.33. The van der Waals surface area contributed by atoms with Crippen molar-refractivity contribution in [2.24, 2.45) is 7.05 Å². The van der Waals surface area contributed by atoms with Crippen molar-refractivity contribution in [3.05, 3.63) is 99.2 Å². The molecule has 1 amide bonds. The van der Waals surface area contributed by atoms with Gasteiger partial charge in [0.1, 0.15) is 5.75 Å². The zero-order chi connectivity index (χ0) is 30.1. The molecule has 4 rings (SSSR count). The number of esters is 1. The number of nitrogens with zero attached hydrogens (tertiary/aromatic N) is 1. The summed E-state index contributed by atoms with van der Waals surface area (Å²) >= 11 is 6.72. The molecule has 0 aliphatic rings. The monoisotopic (exact) mass is 574 g/mol. The smallest absolute Gasteiger partial charge is 0.346 e. The van der Waals surface area contributed by atoms with E-state index < -0.39 is 12.1 Å². The third kappa shape index (κ3) is 6.43. The van der Waals surface area contributed by atoms with Crippen LogP contribution in [0.3, 0.4) is 0 Å². The summed E-state index contributed by atoms with van der Waals surface area (Å²) < 4.78 is 12.6. The van der Waals surface area contributed by atoms with Gasteiger partial charge in [0.05, 0.1) is 18.2 Å². The first-order chi connectivity index (χ1) is 19.3. The number of hydrogen-bond donors (Lipinski definition) is 1. The van der Waals surface area contributed by atoms with Crippen LogP contribution in [0.4, 0.5) is 0 Å². The predicted molar refractivity (Wildman–Crippen MR) is 165 cm³/mol. The zero-order valence-corrected chi connectivity index (χ0v) is 25.8. The summed E-state index contributed by atoms with van der Waals surface area (Å²) in [6.07, 6.45) is -0.207. The minimum absolute atomic E-state index is 0.0808. The van der Waals surface area contributed by atoms with Crippen molar-refractivity contribution in [2.75, 3.05) is 7.11 Å². The van der Waals surface area contributed by atoms with Crippen LogP contribution in [-0.2, 0) is 28.4 Å². The van der Waals surface area contributed by atoms with Gasteiger partial charge in [-0.25, -0.2) is 4.79 Å². The number of benzene rings is 3. The van der Waals surface area contributed by atoms with Crippen molar-refractivity contribution in [2.45, 2.75) is 65.5 Å². The summed E-state index contributed by atoms with van der Waals surface area (Å²) in [5, 5.41) is 4.66. The molecule has 1 N–H and O–H groups in total. The number of ether oxygens (including phenoxy) is 2. The third-order valence-electron chi connectivity index (χ3n) is 7.76. The maximum Gasteiger partial charge on any atom is 0.346 e. The van der Waals surface area contributed by atoms with Crippen molar-refractivity contribution in [1.29, 1.82) is 0 Å². The number of hydrogen-bond acceptors (Lipinski definition) is 4. The van der Waals surface area contributed by atoms with E-state index in [4.69, 9.17) is 21.1 Å². The number of rotatable bonds is 8. The number of methoxy groups -OCH3 is 1. The minimum Gasteiger partial charge on any atom is -0.477 e. The number of halogens is 1. The Labute approximate surface area is 247 Å². The van der Waals surface area contributed by atoms with Gasteiger partial charge >= 0.3 is 5.97 Å². The zero-order valence-electron chi connectivity index (χ0n) is 25.1. The van der Waals surface area contributed by atoms with Gasteiger partial charge in [-0.05, 0) is 66.6 Å². The molecular formula is C34H39ClN2O4. The molecule has 0 spiro atoms. The van der Waals surface area contributed by atoms with Crippen molar-refractivity contribution in [3.8, 4) is 5.75 Å². The maximum atomic E-state index is 13.2. The second-order valence-corrected chi connectivity index (χ2v) is 12.0. The highest BCUT2D eigenvalue weighted by atomic mass is 35.5. The average molecular weight is 575 g/mol. The highest BCUT2D eigenvalue weighted by Gasteiger charge is 2.21. The van der Waals surface area contributed by atoms with E-state index in [1.54, 1.807) is 13.0 Å². The molecule has 3 aromatic carbocycles. The van der Waals surface area contributed by atoms with Gasteiger partial charge in [-0.2, -0.15) is 0 Å². The molecule has 0 aliphatic heterocycles. The molecule has 6 nitrogen and oxygen atoms in total. The molecule has 0 bridgehead atoms. The number of aryl methyl sites for hydroxylation is 1. The van der Waals surface area contributed by atoms with Crippen LogP contribution in [0.1, 0.15) is 79.0 Å². The SMILES string of the molecule is COC(=O)[C@@H](C)Oc1cccc(Cc2c(C)n(C)c3cc(C(=O)N[C@@H](C)c4ccc(C(C)(C)C)cc4)ccc23)c1Cl. The van der Waals surface area contributed by atoms with Gasteiger partial charge in [0.2, 0.25) is 0 Å². The van der Waals surface area contributed by atoms with Crippen LogP contribution in [0, 0.1) is 6.92 Å². The Morgan fingerprint density at radius 1 is 1.02 bits per heavy atom. The number of fused-ring (bicyclic) bond motifs is 1. The van der Waals surface area contributed by atoms with Crippen LogP contribution >= 0.6 is 11.6 Å². The van der Waals surface area contributed by atoms with E-state index in [9.17, 15) is 9.59 Å². The Morgan fingerprint density at radius 3 is 2.34 bits per heavy atom. The molecule has 41 heavy (non-hydrogen) atoms. The van der Waals surface area contributed by atoms with Gasteiger partial charge in [0, 0.05) is 35.6 Å². The lowest BCUT2D eigenvalue weighted by Gasteiger charge is -2.20. The van der Waals surface area contributed by atoms with E-state index in [0.29, 0.717) is 22.8 Å². The van der Waals surface area contributed by atoms with Gasteiger partial charge in [-0.1, -0.05) is 74.8 Å². The topological polar surface area (TPSA) is 69.6 Å². The van der Waals surface area contributed by atoms with Crippen LogP contribution < -0.4 is 10.1 Å². The van der Waals surface area contributed by atoms with Crippen molar-refractivity contribution >= 4 is 34.4 Å². The molecule has 0 radical (unpaired) electrons. The summed E-state index contributed by atoms with van der Waals surface area (Å²) in [4.78, 5) is 25.1. The normalized spacial score (nSPS) is 13.1. The van der Waals surface area contributed by atoms with E-state index in [2.05, 4.69) is 61.8 Å². The molecule has 1 aromatic heterocycles. The molecule has 216 valence electrons. The fourth-order valence-corrected chi connectivity index (χ4v) is 5.26. The van der Waals surface area contributed by atoms with E-state index in [1.807, 2.05) is 44.3 Å². The number of aromatic nitrogens is 1. The lowest BCUT2D eigenvalue weighted by atomic mass is 9.86. The second kappa shape index (κ2) is 12.0. The van der Waals surface area contributed by atoms with Crippen molar-refractivity contribution in [1.82, 2.24) is 9.88 Å². The Balaban J connectivity index is 1.56. The van der Waals surface area contributed by atoms with Gasteiger partial charge in [-0.15, -0.1) is 0 Å². The quantitative estimate of drug-likeness (QED) is 0.222. The van der Waals surface area contributed by atoms with Crippen LogP contribution in [-0.4, -0.2) is 29.7 Å². The van der Waals surface area contributed by atoms with E-state index >= 15 is 0 Å². The van der Waals surface area contributed by atoms with Crippen LogP contribution in [0.5, 0.6) is 5.75 Å². The number of carbonyl (C=O) groups is 2. The lowest BCUT2D eigenvalue weighted by molar-refractivity contribution is -0.147. The number of nitrogens with one attached hydrogen (secondary N) is 1. The fraction of sp³-hybridized carbons (Fsp3) is 0.353. The van der Waals surface area contributed by atoms with Crippen LogP contribution in [0.25, 0.3) is 10.9 Å². The number of carbonyl (C=O) groups excluding carboxylic acids is 2. The molecule has 0 unspecified atom stereocenters. The molecular weight excluding hydrogens is 536 g/mol. The lowest BCUT2D eigenvalue weighted by Crippen LogP contribution is -2.26. The number of amides is 1. The Morgan fingerprint density at radius 2 is 1.71 bits per heavy atom. The summed E-state index contributed by atoms with van der Waals surface area (Å²) in [6, 6.07) is 19.7. The third-order valence-corrected chi connectivity index (χ3v) is 8.19. The first-order valence-corrected chi connectivity index (χ1v) is 14.2. The van der Waals surface area contributed by atoms with Crippen molar-refractivity contribution < 1.29 is 19.1 Å². The van der Waals surface area contributed by atoms with Crippen LogP contribution in [0.15, 0.2) is 60.7 Å². The average Bonchev–Trinajstić information content (AvgIpc) is 3.18. The summed E-state index contributed by atoms with van der Waals surface area (Å²) in [5.74, 6) is -0.155. The Hall–Kier alpha value is -3.77. The van der Waals surface area contributed by atoms with Gasteiger partial charge in [0.25, 0.3) is 5.91 Å². The highest BCUT2D eigenvalue weighted by molar-refractivity contribution is 6.32. The molecule has 2 atom stereocenters. The van der Waals surface area contributed by atoms with Crippen molar-refractivity contribution in [3.63, 3.8) is 0 Å². The Bertz CT molecular complexity index is 1580. The van der Waals surface area contributed by atoms with E-state index in [0.717, 1.165) is 33.3 Å². The molecule has 0 saturated carbocycles. The predicted octanol–water partition coefficient (Wildman–Crippen LogP) is 7.46. The maximum absolute atomic E-state index is 13.2. The molecule has 7 heteroatoms. The van der Waals surface area contributed by atoms with Crippen LogP contribution in [0.2, 0.25) is 5.02 Å². The second-order valence-electron chi connectivity index (χ2n) is 11.6. The Kier molecular flexibility index (Phi) is 8.83. The highest BCUT2D eigenvalue weighted by Crippen LogP contribution is 2.34. The molecule has 0 fully saturated rings. The standard InChI is InChI=1S/C34H39ClN2O4/c1-20(23-12-15-26(16-13-23)34(4,5)6)36-32(38)25-14-17-27-28(21(2)37(7)29(27)19-25)18-24-10-9-11-30(31(24)35)41-22(3)33(39)40-8/h9-17,19-20,22H,18H2,1-8H3,(H,36,38)/t20-,22+/m0/s1.